The highest BCUT2D eigenvalue weighted by Gasteiger charge is 2.39. The van der Waals surface area contributed by atoms with Crippen LogP contribution in [0.25, 0.3) is 0 Å². The van der Waals surface area contributed by atoms with Gasteiger partial charge >= 0.3 is 0 Å². The summed E-state index contributed by atoms with van der Waals surface area (Å²) in [6, 6.07) is 0.418. The van der Waals surface area contributed by atoms with Gasteiger partial charge in [-0.05, 0) is 44.4 Å². The van der Waals surface area contributed by atoms with Gasteiger partial charge in [0.1, 0.15) is 0 Å². The third kappa shape index (κ3) is 7.79. The number of thioether (sulfide) groups is 1. The summed E-state index contributed by atoms with van der Waals surface area (Å²) in [4.78, 5) is 4.85. The zero-order valence-corrected chi connectivity index (χ0v) is 16.6. The second kappa shape index (κ2) is 11.5. The summed E-state index contributed by atoms with van der Waals surface area (Å²) in [5.41, 5.74) is 0. The Labute approximate surface area is 158 Å². The average Bonchev–Trinajstić information content (AvgIpc) is 3.16. The van der Waals surface area contributed by atoms with Crippen molar-refractivity contribution >= 4 is 16.8 Å². The number of hydrogen-bond donors (Lipinski definition) is 0. The molecule has 2 rings (SSSR count). The van der Waals surface area contributed by atoms with Crippen LogP contribution < -0.4 is 0 Å². The van der Waals surface area contributed by atoms with E-state index in [0.29, 0.717) is 12.1 Å². The van der Waals surface area contributed by atoms with Crippen LogP contribution in [0.2, 0.25) is 0 Å². The Hall–Kier alpha value is -1.06. The first-order valence-corrected chi connectivity index (χ1v) is 10.6. The van der Waals surface area contributed by atoms with Gasteiger partial charge in [0.2, 0.25) is 0 Å². The summed E-state index contributed by atoms with van der Waals surface area (Å²) in [6.45, 7) is 6.09. The molecule has 1 aliphatic carbocycles. The number of nitrogens with zero attached hydrogens (tertiary/aromatic N) is 1. The molecular formula is C22H33NOS. The number of allylic oxidation sites excluding steroid dienone is 5. The zero-order chi connectivity index (χ0) is 17.9. The second-order valence-corrected chi connectivity index (χ2v) is 8.03. The molecule has 0 aromatic rings. The van der Waals surface area contributed by atoms with Gasteiger partial charge < -0.3 is 4.74 Å². The first kappa shape index (κ1) is 20.3. The minimum Gasteiger partial charge on any atom is -0.381 e. The van der Waals surface area contributed by atoms with Crippen LogP contribution in [0.5, 0.6) is 0 Å². The first-order valence-electron chi connectivity index (χ1n) is 9.57. The monoisotopic (exact) mass is 359 g/mol. The number of rotatable bonds is 12. The number of unbranched alkanes of at least 4 members (excludes halogenated alkanes) is 1. The van der Waals surface area contributed by atoms with Crippen LogP contribution in [0.1, 0.15) is 45.4 Å². The Balaban J connectivity index is 1.52. The molecule has 4 atom stereocenters. The predicted octanol–water partition coefficient (Wildman–Crippen LogP) is 5.98. The summed E-state index contributed by atoms with van der Waals surface area (Å²) in [6.07, 6.45) is 22.1. The molecule has 1 fully saturated rings. The van der Waals surface area contributed by atoms with Crippen molar-refractivity contribution in [3.05, 3.63) is 49.1 Å². The summed E-state index contributed by atoms with van der Waals surface area (Å²) in [7, 11) is 1.77. The van der Waals surface area contributed by atoms with Gasteiger partial charge in [-0.1, -0.05) is 49.5 Å². The molecule has 0 amide bonds. The normalized spacial score (nSPS) is 27.4. The number of hydrogen-bond acceptors (Lipinski definition) is 3. The van der Waals surface area contributed by atoms with Crippen LogP contribution >= 0.6 is 11.8 Å². The molecule has 0 bridgehead atoms. The van der Waals surface area contributed by atoms with Crippen LogP contribution in [0.4, 0.5) is 0 Å². The Bertz CT molecular complexity index is 520. The molecule has 1 aliphatic heterocycles. The SMILES string of the molecule is C=CCC(CCC=CC=CCCC=CC1CSC([C@@H]2C[C@@H]2C)=N1)OC. The fraction of sp³-hybridized carbons (Fsp3) is 0.591. The van der Waals surface area contributed by atoms with Crippen molar-refractivity contribution in [3.63, 3.8) is 0 Å². The van der Waals surface area contributed by atoms with Crippen LogP contribution in [-0.2, 0) is 4.74 Å². The summed E-state index contributed by atoms with van der Waals surface area (Å²) in [5, 5.41) is 1.41. The van der Waals surface area contributed by atoms with E-state index in [-0.39, 0.29) is 0 Å². The molecule has 25 heavy (non-hydrogen) atoms. The van der Waals surface area contributed by atoms with Gasteiger partial charge in [-0.25, -0.2) is 0 Å². The Morgan fingerprint density at radius 3 is 2.64 bits per heavy atom. The average molecular weight is 360 g/mol. The van der Waals surface area contributed by atoms with Crippen molar-refractivity contribution in [1.82, 2.24) is 0 Å². The Morgan fingerprint density at radius 2 is 1.96 bits per heavy atom. The van der Waals surface area contributed by atoms with Gasteiger partial charge in [0.05, 0.1) is 17.2 Å². The third-order valence-corrected chi connectivity index (χ3v) is 5.99. The summed E-state index contributed by atoms with van der Waals surface area (Å²) >= 11 is 1.97. The minimum absolute atomic E-state index is 0.302. The van der Waals surface area contributed by atoms with Gasteiger partial charge in [0.25, 0.3) is 0 Å². The van der Waals surface area contributed by atoms with E-state index >= 15 is 0 Å². The quantitative estimate of drug-likeness (QED) is 0.243. The predicted molar refractivity (Wildman–Crippen MR) is 112 cm³/mol. The van der Waals surface area contributed by atoms with E-state index in [2.05, 4.69) is 50.0 Å². The number of methoxy groups -OCH3 is 1. The first-order chi connectivity index (χ1) is 12.2. The van der Waals surface area contributed by atoms with Crippen molar-refractivity contribution < 1.29 is 4.74 Å². The molecule has 2 nitrogen and oxygen atoms in total. The summed E-state index contributed by atoms with van der Waals surface area (Å²) < 4.78 is 5.39. The molecule has 0 N–H and O–H groups in total. The lowest BCUT2D eigenvalue weighted by Crippen LogP contribution is -2.08. The standard InChI is InChI=1S/C22H33NOS/c1-4-13-20(24-3)15-12-10-8-6-5-7-9-11-14-19-17-25-22(23-19)21-16-18(21)2/h4-6,8,10-11,14,18-21H,1,7,9,12-13,15-17H2,2-3H3/t18-,19?,20?,21+/m0/s1. The lowest BCUT2D eigenvalue weighted by molar-refractivity contribution is 0.0987. The molecule has 3 heteroatoms. The third-order valence-electron chi connectivity index (χ3n) is 4.78. The van der Waals surface area contributed by atoms with Gasteiger partial charge in [-0.2, -0.15) is 0 Å². The molecule has 1 heterocycles. The summed E-state index contributed by atoms with van der Waals surface area (Å²) in [5.74, 6) is 2.80. The Morgan fingerprint density at radius 1 is 1.24 bits per heavy atom. The molecule has 1 saturated carbocycles. The van der Waals surface area contributed by atoms with Crippen molar-refractivity contribution in [1.29, 1.82) is 0 Å². The fourth-order valence-corrected chi connectivity index (χ4v) is 4.25. The van der Waals surface area contributed by atoms with Crippen molar-refractivity contribution in [2.24, 2.45) is 16.8 Å². The maximum absolute atomic E-state index is 5.39. The molecule has 0 radical (unpaired) electrons. The van der Waals surface area contributed by atoms with Gasteiger partial charge in [-0.3, -0.25) is 4.99 Å². The molecule has 138 valence electrons. The van der Waals surface area contributed by atoms with Crippen LogP contribution in [0.3, 0.4) is 0 Å². The molecule has 2 unspecified atom stereocenters. The minimum atomic E-state index is 0.302. The highest BCUT2D eigenvalue weighted by Crippen LogP contribution is 2.44. The molecule has 0 spiro atoms. The smallest absolute Gasteiger partial charge is 0.0783 e. The number of aliphatic imine (C=N–C) groups is 1. The topological polar surface area (TPSA) is 21.6 Å². The maximum atomic E-state index is 5.39. The van der Waals surface area contributed by atoms with Crippen molar-refractivity contribution in [3.8, 4) is 0 Å². The van der Waals surface area contributed by atoms with Gasteiger partial charge in [-0.15, -0.1) is 18.3 Å². The maximum Gasteiger partial charge on any atom is 0.0783 e. The van der Waals surface area contributed by atoms with E-state index in [1.165, 1.54) is 11.5 Å². The lowest BCUT2D eigenvalue weighted by Gasteiger charge is -2.10. The lowest BCUT2D eigenvalue weighted by atomic mass is 10.1. The largest absolute Gasteiger partial charge is 0.381 e. The molecule has 0 saturated heterocycles. The van der Waals surface area contributed by atoms with Crippen molar-refractivity contribution in [2.45, 2.75) is 57.6 Å². The Kier molecular flexibility index (Phi) is 9.35. The van der Waals surface area contributed by atoms with E-state index in [1.807, 2.05) is 17.8 Å². The van der Waals surface area contributed by atoms with Gasteiger partial charge in [0.15, 0.2) is 0 Å². The highest BCUT2D eigenvalue weighted by atomic mass is 32.2. The molecule has 2 aliphatic rings. The molecule has 0 aromatic heterocycles. The van der Waals surface area contributed by atoms with Gasteiger partial charge in [0, 0.05) is 18.8 Å². The van der Waals surface area contributed by atoms with E-state index in [0.717, 1.165) is 49.7 Å². The van der Waals surface area contributed by atoms with E-state index in [4.69, 9.17) is 9.73 Å². The second-order valence-electron chi connectivity index (χ2n) is 6.99. The van der Waals surface area contributed by atoms with E-state index in [1.54, 1.807) is 7.11 Å². The van der Waals surface area contributed by atoms with Crippen LogP contribution in [-0.4, -0.2) is 30.1 Å². The van der Waals surface area contributed by atoms with Crippen LogP contribution in [0.15, 0.2) is 54.1 Å². The molecule has 0 aromatic carbocycles. The van der Waals surface area contributed by atoms with Crippen molar-refractivity contribution in [2.75, 3.05) is 12.9 Å². The molecular weight excluding hydrogens is 326 g/mol. The van der Waals surface area contributed by atoms with Crippen LogP contribution in [0, 0.1) is 11.8 Å². The number of ether oxygens (including phenoxy) is 1. The fourth-order valence-electron chi connectivity index (χ4n) is 2.97. The van der Waals surface area contributed by atoms with E-state index < -0.39 is 0 Å². The zero-order valence-electron chi connectivity index (χ0n) is 15.8. The highest BCUT2D eigenvalue weighted by molar-refractivity contribution is 8.14. The van der Waals surface area contributed by atoms with E-state index in [9.17, 15) is 0 Å².